The highest BCUT2D eigenvalue weighted by Gasteiger charge is 2.10. The van der Waals surface area contributed by atoms with Crippen LogP contribution in [0.25, 0.3) is 0 Å². The number of hydrogen-bond donors (Lipinski definition) is 2. The fraction of sp³-hybridized carbons (Fsp3) is 0.182. The molecule has 0 fully saturated rings. The lowest BCUT2D eigenvalue weighted by molar-refractivity contribution is -0.136. The van der Waals surface area contributed by atoms with Gasteiger partial charge in [-0.05, 0) is 18.1 Å². The molecule has 0 aromatic heterocycles. The second-order valence-corrected chi connectivity index (χ2v) is 3.15. The standard InChI is InChI=1S/C11H11FO3/c1-2-3-8-4-7(6-10(13)14)5-9(12)11(8)15/h2,4-5,15H,1,3,6H2,(H,13,14). The number of phenolic OH excluding ortho intramolecular Hbond substituents is 1. The highest BCUT2D eigenvalue weighted by Crippen LogP contribution is 2.24. The fourth-order valence-corrected chi connectivity index (χ4v) is 1.31. The molecule has 3 nitrogen and oxygen atoms in total. The van der Waals surface area contributed by atoms with Crippen LogP contribution in [0.3, 0.4) is 0 Å². The molecule has 0 atom stereocenters. The second kappa shape index (κ2) is 4.59. The van der Waals surface area contributed by atoms with E-state index in [1.54, 1.807) is 0 Å². The number of carboxylic acids is 1. The normalized spacial score (nSPS) is 9.93. The summed E-state index contributed by atoms with van der Waals surface area (Å²) in [5, 5.41) is 17.9. The lowest BCUT2D eigenvalue weighted by Crippen LogP contribution is -2.01. The molecule has 1 rings (SSSR count). The van der Waals surface area contributed by atoms with E-state index in [9.17, 15) is 14.3 Å². The molecule has 0 aliphatic heterocycles. The zero-order chi connectivity index (χ0) is 11.4. The predicted molar refractivity (Wildman–Crippen MR) is 53.3 cm³/mol. The van der Waals surface area contributed by atoms with Crippen LogP contribution in [0.5, 0.6) is 5.75 Å². The van der Waals surface area contributed by atoms with E-state index >= 15 is 0 Å². The van der Waals surface area contributed by atoms with Gasteiger partial charge >= 0.3 is 5.97 Å². The summed E-state index contributed by atoms with van der Waals surface area (Å²) in [7, 11) is 0. The van der Waals surface area contributed by atoms with Crippen LogP contribution in [0.15, 0.2) is 24.8 Å². The lowest BCUT2D eigenvalue weighted by Gasteiger charge is -2.05. The van der Waals surface area contributed by atoms with Crippen molar-refractivity contribution in [3.8, 4) is 5.75 Å². The van der Waals surface area contributed by atoms with Crippen LogP contribution in [0.2, 0.25) is 0 Å². The summed E-state index contributed by atoms with van der Waals surface area (Å²) in [5.41, 5.74) is 0.677. The summed E-state index contributed by atoms with van der Waals surface area (Å²) >= 11 is 0. The zero-order valence-electron chi connectivity index (χ0n) is 8.03. The maximum Gasteiger partial charge on any atom is 0.307 e. The molecule has 0 saturated heterocycles. The Labute approximate surface area is 86.5 Å². The van der Waals surface area contributed by atoms with Crippen LogP contribution in [0.4, 0.5) is 4.39 Å². The molecule has 0 bridgehead atoms. The Kier molecular flexibility index (Phi) is 3.44. The number of hydrogen-bond acceptors (Lipinski definition) is 2. The molecule has 80 valence electrons. The molecule has 0 spiro atoms. The Hall–Kier alpha value is -1.84. The number of aliphatic carboxylic acids is 1. The van der Waals surface area contributed by atoms with Crippen molar-refractivity contribution in [3.63, 3.8) is 0 Å². The van der Waals surface area contributed by atoms with Gasteiger partial charge in [-0.2, -0.15) is 0 Å². The summed E-state index contributed by atoms with van der Waals surface area (Å²) in [6.07, 6.45) is 1.55. The van der Waals surface area contributed by atoms with Crippen molar-refractivity contribution >= 4 is 5.97 Å². The van der Waals surface area contributed by atoms with Crippen molar-refractivity contribution in [1.29, 1.82) is 0 Å². The minimum atomic E-state index is -1.04. The first kappa shape index (κ1) is 11.2. The molecule has 0 radical (unpaired) electrons. The molecule has 2 N–H and O–H groups in total. The van der Waals surface area contributed by atoms with Crippen molar-refractivity contribution in [2.45, 2.75) is 12.8 Å². The molecule has 0 aliphatic carbocycles. The van der Waals surface area contributed by atoms with Crippen LogP contribution < -0.4 is 0 Å². The van der Waals surface area contributed by atoms with Gasteiger partial charge in [0.05, 0.1) is 6.42 Å². The summed E-state index contributed by atoms with van der Waals surface area (Å²) in [6, 6.07) is 2.49. The van der Waals surface area contributed by atoms with Gasteiger partial charge in [0.15, 0.2) is 11.6 Å². The molecule has 1 aromatic rings. The Morgan fingerprint density at radius 3 is 2.73 bits per heavy atom. The topological polar surface area (TPSA) is 57.5 Å². The summed E-state index contributed by atoms with van der Waals surface area (Å²) in [6.45, 7) is 3.47. The number of halogens is 1. The molecule has 1 aromatic carbocycles. The summed E-state index contributed by atoms with van der Waals surface area (Å²) < 4.78 is 13.1. The number of carboxylic acid groups (broad SMARTS) is 1. The van der Waals surface area contributed by atoms with Crippen molar-refractivity contribution in [2.75, 3.05) is 0 Å². The highest BCUT2D eigenvalue weighted by atomic mass is 19.1. The average molecular weight is 210 g/mol. The van der Waals surface area contributed by atoms with E-state index in [-0.39, 0.29) is 6.42 Å². The van der Waals surface area contributed by atoms with Gasteiger partial charge in [-0.1, -0.05) is 12.1 Å². The zero-order valence-corrected chi connectivity index (χ0v) is 8.03. The minimum absolute atomic E-state index is 0.263. The van der Waals surface area contributed by atoms with Crippen LogP contribution in [-0.4, -0.2) is 16.2 Å². The molecule has 0 heterocycles. The molecule has 4 heteroatoms. The molecule has 0 aliphatic rings. The van der Waals surface area contributed by atoms with Crippen LogP contribution >= 0.6 is 0 Å². The van der Waals surface area contributed by atoms with Gasteiger partial charge in [0.2, 0.25) is 0 Å². The van der Waals surface area contributed by atoms with Crippen molar-refractivity contribution in [2.24, 2.45) is 0 Å². The first-order valence-corrected chi connectivity index (χ1v) is 4.37. The molecular formula is C11H11FO3. The predicted octanol–water partition coefficient (Wildman–Crippen LogP) is 1.89. The third-order valence-electron chi connectivity index (χ3n) is 1.92. The Morgan fingerprint density at radius 2 is 2.20 bits per heavy atom. The van der Waals surface area contributed by atoms with Crippen LogP contribution in [-0.2, 0) is 17.6 Å². The first-order valence-electron chi connectivity index (χ1n) is 4.37. The Balaban J connectivity index is 3.10. The van der Waals surface area contributed by atoms with Crippen molar-refractivity contribution < 1.29 is 19.4 Å². The van der Waals surface area contributed by atoms with E-state index in [0.29, 0.717) is 17.5 Å². The van der Waals surface area contributed by atoms with Gasteiger partial charge in [0.25, 0.3) is 0 Å². The van der Waals surface area contributed by atoms with Gasteiger partial charge in [-0.3, -0.25) is 4.79 Å². The third kappa shape index (κ3) is 2.80. The van der Waals surface area contributed by atoms with Gasteiger partial charge < -0.3 is 10.2 Å². The Morgan fingerprint density at radius 1 is 1.53 bits per heavy atom. The average Bonchev–Trinajstić information content (AvgIpc) is 2.12. The highest BCUT2D eigenvalue weighted by molar-refractivity contribution is 5.70. The number of aromatic hydroxyl groups is 1. The summed E-state index contributed by atoms with van der Waals surface area (Å²) in [5.74, 6) is -2.28. The minimum Gasteiger partial charge on any atom is -0.505 e. The van der Waals surface area contributed by atoms with E-state index in [2.05, 4.69) is 6.58 Å². The smallest absolute Gasteiger partial charge is 0.307 e. The largest absolute Gasteiger partial charge is 0.505 e. The Bertz CT molecular complexity index is 399. The number of rotatable bonds is 4. The van der Waals surface area contributed by atoms with Crippen molar-refractivity contribution in [1.82, 2.24) is 0 Å². The number of allylic oxidation sites excluding steroid dienone is 1. The second-order valence-electron chi connectivity index (χ2n) is 3.15. The molecule has 0 amide bonds. The van der Waals surface area contributed by atoms with Gasteiger partial charge in [-0.25, -0.2) is 4.39 Å². The fourth-order valence-electron chi connectivity index (χ4n) is 1.31. The maximum atomic E-state index is 13.1. The van der Waals surface area contributed by atoms with Crippen LogP contribution in [0, 0.1) is 5.82 Å². The summed E-state index contributed by atoms with van der Waals surface area (Å²) in [4.78, 5) is 10.4. The van der Waals surface area contributed by atoms with Crippen LogP contribution in [0.1, 0.15) is 11.1 Å². The number of benzene rings is 1. The van der Waals surface area contributed by atoms with Gasteiger partial charge in [0, 0.05) is 5.56 Å². The van der Waals surface area contributed by atoms with E-state index < -0.39 is 17.5 Å². The first-order chi connectivity index (χ1) is 7.04. The molecule has 0 saturated carbocycles. The van der Waals surface area contributed by atoms with E-state index in [1.807, 2.05) is 0 Å². The molecule has 0 unspecified atom stereocenters. The SMILES string of the molecule is C=CCc1cc(CC(=O)O)cc(F)c1O. The number of phenols is 1. The monoisotopic (exact) mass is 210 g/mol. The third-order valence-corrected chi connectivity index (χ3v) is 1.92. The van der Waals surface area contributed by atoms with E-state index in [0.717, 1.165) is 6.07 Å². The molecule has 15 heavy (non-hydrogen) atoms. The van der Waals surface area contributed by atoms with E-state index in [1.165, 1.54) is 12.1 Å². The quantitative estimate of drug-likeness (QED) is 0.746. The van der Waals surface area contributed by atoms with Gasteiger partial charge in [0.1, 0.15) is 0 Å². The van der Waals surface area contributed by atoms with Crippen molar-refractivity contribution in [3.05, 3.63) is 41.7 Å². The van der Waals surface area contributed by atoms with E-state index in [4.69, 9.17) is 5.11 Å². The maximum absolute atomic E-state index is 13.1. The lowest BCUT2D eigenvalue weighted by atomic mass is 10.0. The number of carbonyl (C=O) groups is 1. The van der Waals surface area contributed by atoms with Gasteiger partial charge in [-0.15, -0.1) is 6.58 Å². The molecular weight excluding hydrogens is 199 g/mol.